The highest BCUT2D eigenvalue weighted by Crippen LogP contribution is 2.33. The number of carbonyl (C=O) groups is 2. The zero-order valence-electron chi connectivity index (χ0n) is 10.5. The number of urea groups is 1. The lowest BCUT2D eigenvalue weighted by Crippen LogP contribution is -2.46. The monoisotopic (exact) mass is 280 g/mol. The summed E-state index contributed by atoms with van der Waals surface area (Å²) in [7, 11) is 1.55. The second-order valence-electron chi connectivity index (χ2n) is 4.34. The second kappa shape index (κ2) is 4.93. The molecule has 1 unspecified atom stereocenters. The number of amides is 2. The highest BCUT2D eigenvalue weighted by molar-refractivity contribution is 6.30. The van der Waals surface area contributed by atoms with Gasteiger partial charge in [0.15, 0.2) is 0 Å². The van der Waals surface area contributed by atoms with Crippen LogP contribution in [0.15, 0.2) is 35.5 Å². The van der Waals surface area contributed by atoms with Crippen LogP contribution in [-0.2, 0) is 4.79 Å². The first-order chi connectivity index (χ1) is 8.91. The summed E-state index contributed by atoms with van der Waals surface area (Å²) in [5, 5.41) is 12.4. The molecule has 100 valence electrons. The molecular weight excluding hydrogens is 268 g/mol. The SMILES string of the molecule is CC1=C(C(=O)O)C(c2cccc(Cl)c2)N(C)C(=O)N1. The number of benzene rings is 1. The van der Waals surface area contributed by atoms with E-state index in [2.05, 4.69) is 5.32 Å². The van der Waals surface area contributed by atoms with E-state index < -0.39 is 12.0 Å². The van der Waals surface area contributed by atoms with E-state index in [4.69, 9.17) is 11.6 Å². The molecule has 0 fully saturated rings. The highest BCUT2D eigenvalue weighted by atomic mass is 35.5. The van der Waals surface area contributed by atoms with Gasteiger partial charge in [-0.2, -0.15) is 0 Å². The molecule has 0 aliphatic carbocycles. The number of rotatable bonds is 2. The normalized spacial score (nSPS) is 19.4. The maximum Gasteiger partial charge on any atom is 0.335 e. The summed E-state index contributed by atoms with van der Waals surface area (Å²) in [5.41, 5.74) is 1.16. The smallest absolute Gasteiger partial charge is 0.335 e. The first kappa shape index (κ1) is 13.4. The molecule has 0 aromatic heterocycles. The molecule has 2 rings (SSSR count). The summed E-state index contributed by atoms with van der Waals surface area (Å²) in [6.45, 7) is 1.58. The molecule has 1 atom stereocenters. The number of nitrogens with one attached hydrogen (secondary N) is 1. The van der Waals surface area contributed by atoms with Gasteiger partial charge in [0.05, 0.1) is 11.6 Å². The topological polar surface area (TPSA) is 69.6 Å². The zero-order valence-corrected chi connectivity index (χ0v) is 11.2. The first-order valence-electron chi connectivity index (χ1n) is 5.65. The summed E-state index contributed by atoms with van der Waals surface area (Å²) < 4.78 is 0. The number of hydrogen-bond acceptors (Lipinski definition) is 2. The second-order valence-corrected chi connectivity index (χ2v) is 4.78. The van der Waals surface area contributed by atoms with Crippen LogP contribution in [0, 0.1) is 0 Å². The van der Waals surface area contributed by atoms with Crippen LogP contribution in [0.5, 0.6) is 0 Å². The maximum absolute atomic E-state index is 11.8. The Labute approximate surface area is 115 Å². The van der Waals surface area contributed by atoms with E-state index in [0.29, 0.717) is 16.3 Å². The van der Waals surface area contributed by atoms with Gasteiger partial charge < -0.3 is 15.3 Å². The van der Waals surface area contributed by atoms with Crippen LogP contribution in [0.2, 0.25) is 5.02 Å². The van der Waals surface area contributed by atoms with Crippen LogP contribution in [0.25, 0.3) is 0 Å². The Balaban J connectivity index is 2.58. The van der Waals surface area contributed by atoms with Gasteiger partial charge >= 0.3 is 12.0 Å². The summed E-state index contributed by atoms with van der Waals surface area (Å²) in [6, 6.07) is 5.86. The van der Waals surface area contributed by atoms with Crippen molar-refractivity contribution in [2.45, 2.75) is 13.0 Å². The molecule has 0 radical (unpaired) electrons. The van der Waals surface area contributed by atoms with E-state index in [9.17, 15) is 14.7 Å². The van der Waals surface area contributed by atoms with Gasteiger partial charge in [-0.25, -0.2) is 9.59 Å². The lowest BCUT2D eigenvalue weighted by Gasteiger charge is -2.34. The van der Waals surface area contributed by atoms with Crippen LogP contribution < -0.4 is 5.32 Å². The lowest BCUT2D eigenvalue weighted by molar-refractivity contribution is -0.133. The Bertz CT molecular complexity index is 583. The Kier molecular flexibility index (Phi) is 3.48. The minimum Gasteiger partial charge on any atom is -0.478 e. The Hall–Kier alpha value is -2.01. The number of allylic oxidation sites excluding steroid dienone is 1. The van der Waals surface area contributed by atoms with Gasteiger partial charge in [-0.3, -0.25) is 0 Å². The number of carbonyl (C=O) groups excluding carboxylic acids is 1. The van der Waals surface area contributed by atoms with E-state index in [-0.39, 0.29) is 11.6 Å². The van der Waals surface area contributed by atoms with Crippen molar-refractivity contribution in [3.05, 3.63) is 46.1 Å². The molecule has 2 amide bonds. The molecule has 1 aliphatic heterocycles. The third-order valence-corrected chi connectivity index (χ3v) is 3.31. The van der Waals surface area contributed by atoms with E-state index in [1.807, 2.05) is 0 Å². The summed E-state index contributed by atoms with van der Waals surface area (Å²) >= 11 is 5.93. The maximum atomic E-state index is 11.8. The molecule has 0 saturated heterocycles. The van der Waals surface area contributed by atoms with Gasteiger partial charge in [0, 0.05) is 17.8 Å². The largest absolute Gasteiger partial charge is 0.478 e. The van der Waals surface area contributed by atoms with Gasteiger partial charge in [0.25, 0.3) is 0 Å². The van der Waals surface area contributed by atoms with Crippen molar-refractivity contribution >= 4 is 23.6 Å². The standard InChI is InChI=1S/C13H13ClN2O3/c1-7-10(12(17)18)11(16(2)13(19)15-7)8-4-3-5-9(14)6-8/h3-6,11H,1-2H3,(H,15,19)(H,17,18). The van der Waals surface area contributed by atoms with Gasteiger partial charge in [0.2, 0.25) is 0 Å². The molecule has 1 heterocycles. The lowest BCUT2D eigenvalue weighted by atomic mass is 9.94. The number of carboxylic acids is 1. The van der Waals surface area contributed by atoms with Crippen molar-refractivity contribution in [3.8, 4) is 0 Å². The number of halogens is 1. The Morgan fingerprint density at radius 1 is 1.47 bits per heavy atom. The molecule has 5 nitrogen and oxygen atoms in total. The fraction of sp³-hybridized carbons (Fsp3) is 0.231. The van der Waals surface area contributed by atoms with Gasteiger partial charge in [-0.15, -0.1) is 0 Å². The minimum absolute atomic E-state index is 0.143. The van der Waals surface area contributed by atoms with E-state index in [1.54, 1.807) is 38.2 Å². The molecule has 0 bridgehead atoms. The third kappa shape index (κ3) is 2.42. The number of aliphatic carboxylic acids is 1. The Morgan fingerprint density at radius 2 is 2.16 bits per heavy atom. The summed E-state index contributed by atoms with van der Waals surface area (Å²) in [5.74, 6) is -1.06. The predicted octanol–water partition coefficient (Wildman–Crippen LogP) is 2.39. The molecule has 0 spiro atoms. The molecule has 6 heteroatoms. The molecule has 2 N–H and O–H groups in total. The van der Waals surface area contributed by atoms with Crippen molar-refractivity contribution in [1.82, 2.24) is 10.2 Å². The van der Waals surface area contributed by atoms with Crippen LogP contribution >= 0.6 is 11.6 Å². The minimum atomic E-state index is -1.06. The molecule has 0 saturated carbocycles. The molecule has 1 aromatic carbocycles. The van der Waals surface area contributed by atoms with Crippen LogP contribution in [-0.4, -0.2) is 29.1 Å². The number of likely N-dealkylation sites (N-methyl/N-ethyl adjacent to an activating group) is 1. The fourth-order valence-electron chi connectivity index (χ4n) is 2.18. The van der Waals surface area contributed by atoms with E-state index >= 15 is 0 Å². The average molecular weight is 281 g/mol. The van der Waals surface area contributed by atoms with Crippen LogP contribution in [0.1, 0.15) is 18.5 Å². The van der Waals surface area contributed by atoms with E-state index in [1.165, 1.54) is 4.90 Å². The average Bonchev–Trinajstić information content (AvgIpc) is 2.32. The summed E-state index contributed by atoms with van der Waals surface area (Å²) in [6.07, 6.45) is 0. The van der Waals surface area contributed by atoms with Gasteiger partial charge in [0.1, 0.15) is 0 Å². The zero-order chi connectivity index (χ0) is 14.2. The Morgan fingerprint density at radius 3 is 2.74 bits per heavy atom. The number of carboxylic acid groups (broad SMARTS) is 1. The van der Waals surface area contributed by atoms with Crippen molar-refractivity contribution in [3.63, 3.8) is 0 Å². The van der Waals surface area contributed by atoms with Crippen molar-refractivity contribution in [2.75, 3.05) is 7.05 Å². The summed E-state index contributed by atoms with van der Waals surface area (Å²) in [4.78, 5) is 24.6. The number of hydrogen-bond donors (Lipinski definition) is 2. The third-order valence-electron chi connectivity index (χ3n) is 3.07. The van der Waals surface area contributed by atoms with Crippen LogP contribution in [0.3, 0.4) is 0 Å². The highest BCUT2D eigenvalue weighted by Gasteiger charge is 2.35. The first-order valence-corrected chi connectivity index (χ1v) is 6.03. The molecule has 1 aromatic rings. The van der Waals surface area contributed by atoms with Crippen LogP contribution in [0.4, 0.5) is 4.79 Å². The van der Waals surface area contributed by atoms with Crippen molar-refractivity contribution in [2.24, 2.45) is 0 Å². The van der Waals surface area contributed by atoms with Crippen molar-refractivity contribution in [1.29, 1.82) is 0 Å². The predicted molar refractivity (Wildman–Crippen MR) is 70.8 cm³/mol. The quantitative estimate of drug-likeness (QED) is 0.874. The molecule has 19 heavy (non-hydrogen) atoms. The molecular formula is C13H13ClN2O3. The molecule has 1 aliphatic rings. The van der Waals surface area contributed by atoms with Crippen molar-refractivity contribution < 1.29 is 14.7 Å². The van der Waals surface area contributed by atoms with Gasteiger partial charge in [-0.05, 0) is 24.6 Å². The number of nitrogens with zero attached hydrogens (tertiary/aromatic N) is 1. The van der Waals surface area contributed by atoms with Gasteiger partial charge in [-0.1, -0.05) is 23.7 Å². The van der Waals surface area contributed by atoms with E-state index in [0.717, 1.165) is 0 Å². The fourth-order valence-corrected chi connectivity index (χ4v) is 2.37.